The number of rotatable bonds is 6. The molecule has 0 saturated heterocycles. The minimum absolute atomic E-state index is 0.195. The number of carbonyl (C=O) groups is 1. The summed E-state index contributed by atoms with van der Waals surface area (Å²) in [4.78, 5) is 13.8. The molecule has 0 atom stereocenters. The Morgan fingerprint density at radius 3 is 2.21 bits per heavy atom. The van der Waals surface area contributed by atoms with Gasteiger partial charge in [-0.1, -0.05) is 36.4 Å². The van der Waals surface area contributed by atoms with E-state index in [1.165, 1.54) is 23.1 Å². The number of benzene rings is 2. The molecule has 0 aliphatic heterocycles. The first-order chi connectivity index (χ1) is 11.3. The normalized spacial score (nSPS) is 11.5. The summed E-state index contributed by atoms with van der Waals surface area (Å²) >= 11 is 0. The molecule has 2 rings (SSSR count). The van der Waals surface area contributed by atoms with Gasteiger partial charge in [0.2, 0.25) is 15.9 Å². The molecule has 0 spiro atoms. The number of halogens is 1. The van der Waals surface area contributed by atoms with Crippen molar-refractivity contribution in [3.63, 3.8) is 0 Å². The zero-order valence-electron chi connectivity index (χ0n) is 13.5. The Morgan fingerprint density at radius 2 is 1.62 bits per heavy atom. The number of sulfonamides is 1. The zero-order valence-corrected chi connectivity index (χ0v) is 14.3. The maximum absolute atomic E-state index is 13.8. The number of carbonyl (C=O) groups excluding carboxylic acids is 1. The average molecular weight is 350 g/mol. The molecule has 2 aromatic rings. The first kappa shape index (κ1) is 18.1. The summed E-state index contributed by atoms with van der Waals surface area (Å²) in [5.41, 5.74) is 0.875. The van der Waals surface area contributed by atoms with Gasteiger partial charge in [-0.3, -0.25) is 4.79 Å². The molecule has 0 radical (unpaired) electrons. The van der Waals surface area contributed by atoms with Gasteiger partial charge < -0.3 is 4.90 Å². The molecule has 0 N–H and O–H groups in total. The number of amides is 1. The summed E-state index contributed by atoms with van der Waals surface area (Å²) in [5, 5.41) is 0. The second-order valence-corrected chi connectivity index (χ2v) is 7.39. The van der Waals surface area contributed by atoms with Crippen molar-refractivity contribution < 1.29 is 17.6 Å². The summed E-state index contributed by atoms with van der Waals surface area (Å²) in [6.45, 7) is -0.557. The second kappa shape index (κ2) is 7.55. The molecule has 0 unspecified atom stereocenters. The lowest BCUT2D eigenvalue weighted by Crippen LogP contribution is -2.40. The lowest BCUT2D eigenvalue weighted by atomic mass is 10.2. The molecule has 2 aromatic carbocycles. The Kier molecular flexibility index (Phi) is 5.69. The molecule has 0 saturated carbocycles. The zero-order chi connectivity index (χ0) is 17.7. The molecule has 0 aromatic heterocycles. The highest BCUT2D eigenvalue weighted by molar-refractivity contribution is 7.88. The third-order valence-corrected chi connectivity index (χ3v) is 4.80. The van der Waals surface area contributed by atoms with Gasteiger partial charge in [0.05, 0.1) is 12.8 Å². The smallest absolute Gasteiger partial charge is 0.242 e. The summed E-state index contributed by atoms with van der Waals surface area (Å²) in [6.07, 6.45) is 1.00. The Labute approximate surface area is 141 Å². The average Bonchev–Trinajstić information content (AvgIpc) is 2.55. The van der Waals surface area contributed by atoms with E-state index < -0.39 is 21.7 Å². The molecular weight excluding hydrogens is 331 g/mol. The highest BCUT2D eigenvalue weighted by Crippen LogP contribution is 2.15. The van der Waals surface area contributed by atoms with Crippen LogP contribution in [0.3, 0.4) is 0 Å². The standard InChI is InChI=1S/C17H19FN2O3S/c1-19(15-9-4-3-5-10-15)17(21)13-20(24(2,22)23)12-14-8-6-7-11-16(14)18/h3-11H,12-13H2,1-2H3. The molecule has 128 valence electrons. The fourth-order valence-electron chi connectivity index (χ4n) is 2.16. The number of likely N-dealkylation sites (N-methyl/N-ethyl adjacent to an activating group) is 1. The quantitative estimate of drug-likeness (QED) is 0.803. The summed E-state index contributed by atoms with van der Waals surface area (Å²) in [5.74, 6) is -0.905. The van der Waals surface area contributed by atoms with E-state index in [-0.39, 0.29) is 18.7 Å². The largest absolute Gasteiger partial charge is 0.314 e. The van der Waals surface area contributed by atoms with Gasteiger partial charge in [-0.2, -0.15) is 4.31 Å². The Morgan fingerprint density at radius 1 is 1.04 bits per heavy atom. The second-order valence-electron chi connectivity index (χ2n) is 5.41. The maximum Gasteiger partial charge on any atom is 0.242 e. The van der Waals surface area contributed by atoms with Gasteiger partial charge in [-0.15, -0.1) is 0 Å². The van der Waals surface area contributed by atoms with Gasteiger partial charge in [-0.25, -0.2) is 12.8 Å². The lowest BCUT2D eigenvalue weighted by molar-refractivity contribution is -0.118. The summed E-state index contributed by atoms with van der Waals surface area (Å²) in [7, 11) is -2.10. The van der Waals surface area contributed by atoms with Gasteiger partial charge in [0.15, 0.2) is 0 Å². The summed E-state index contributed by atoms with van der Waals surface area (Å²) in [6, 6.07) is 14.8. The fraction of sp³-hybridized carbons (Fsp3) is 0.235. The van der Waals surface area contributed by atoms with Gasteiger partial charge in [0.25, 0.3) is 0 Å². The SMILES string of the molecule is CN(C(=O)CN(Cc1ccccc1F)S(C)(=O)=O)c1ccccc1. The first-order valence-electron chi connectivity index (χ1n) is 7.29. The van der Waals surface area contributed by atoms with E-state index in [1.54, 1.807) is 37.4 Å². The molecule has 1 amide bonds. The van der Waals surface area contributed by atoms with Gasteiger partial charge in [-0.05, 0) is 18.2 Å². The van der Waals surface area contributed by atoms with Crippen LogP contribution in [0.2, 0.25) is 0 Å². The van der Waals surface area contributed by atoms with Gasteiger partial charge >= 0.3 is 0 Å². The number of anilines is 1. The molecule has 0 aliphatic carbocycles. The van der Waals surface area contributed by atoms with Crippen LogP contribution >= 0.6 is 0 Å². The van der Waals surface area contributed by atoms with Crippen molar-refractivity contribution >= 4 is 21.6 Å². The van der Waals surface area contributed by atoms with Crippen LogP contribution in [0.5, 0.6) is 0 Å². The van der Waals surface area contributed by atoms with Crippen molar-refractivity contribution in [3.05, 3.63) is 66.0 Å². The Balaban J connectivity index is 2.18. The van der Waals surface area contributed by atoms with E-state index in [9.17, 15) is 17.6 Å². The molecule has 0 bridgehead atoms. The highest BCUT2D eigenvalue weighted by atomic mass is 32.2. The molecule has 24 heavy (non-hydrogen) atoms. The van der Waals surface area contributed by atoms with Crippen molar-refractivity contribution in [2.24, 2.45) is 0 Å². The molecule has 5 nitrogen and oxygen atoms in total. The maximum atomic E-state index is 13.8. The monoisotopic (exact) mass is 350 g/mol. The topological polar surface area (TPSA) is 57.7 Å². The highest BCUT2D eigenvalue weighted by Gasteiger charge is 2.23. The van der Waals surface area contributed by atoms with E-state index in [0.717, 1.165) is 10.6 Å². The van der Waals surface area contributed by atoms with Crippen LogP contribution in [0.4, 0.5) is 10.1 Å². The van der Waals surface area contributed by atoms with Crippen molar-refractivity contribution in [1.29, 1.82) is 0 Å². The van der Waals surface area contributed by atoms with E-state index >= 15 is 0 Å². The number of nitrogens with zero attached hydrogens (tertiary/aromatic N) is 2. The first-order valence-corrected chi connectivity index (χ1v) is 9.14. The van der Waals surface area contributed by atoms with Gasteiger partial charge in [0, 0.05) is 24.8 Å². The third kappa shape index (κ3) is 4.62. The molecule has 0 fully saturated rings. The summed E-state index contributed by atoms with van der Waals surface area (Å²) < 4.78 is 38.7. The van der Waals surface area contributed by atoms with Crippen LogP contribution in [0.15, 0.2) is 54.6 Å². The van der Waals surface area contributed by atoms with Crippen LogP contribution < -0.4 is 4.90 Å². The van der Waals surface area contributed by atoms with Crippen LogP contribution in [-0.4, -0.2) is 38.5 Å². The predicted octanol–water partition coefficient (Wildman–Crippen LogP) is 2.25. The van der Waals surface area contributed by atoms with Crippen molar-refractivity contribution in [3.8, 4) is 0 Å². The molecule has 0 aliphatic rings. The molecule has 7 heteroatoms. The minimum atomic E-state index is -3.67. The van der Waals surface area contributed by atoms with Crippen LogP contribution in [-0.2, 0) is 21.4 Å². The van der Waals surface area contributed by atoms with E-state index in [0.29, 0.717) is 5.69 Å². The predicted molar refractivity (Wildman–Crippen MR) is 91.5 cm³/mol. The lowest BCUT2D eigenvalue weighted by Gasteiger charge is -2.23. The van der Waals surface area contributed by atoms with E-state index in [1.807, 2.05) is 6.07 Å². The van der Waals surface area contributed by atoms with Crippen molar-refractivity contribution in [2.45, 2.75) is 6.54 Å². The Bertz CT molecular complexity index is 810. The number of hydrogen-bond donors (Lipinski definition) is 0. The van der Waals surface area contributed by atoms with Crippen molar-refractivity contribution in [1.82, 2.24) is 4.31 Å². The van der Waals surface area contributed by atoms with Crippen LogP contribution in [0, 0.1) is 5.82 Å². The number of para-hydroxylation sites is 1. The van der Waals surface area contributed by atoms with E-state index in [2.05, 4.69) is 0 Å². The van der Waals surface area contributed by atoms with E-state index in [4.69, 9.17) is 0 Å². The van der Waals surface area contributed by atoms with Crippen molar-refractivity contribution in [2.75, 3.05) is 24.7 Å². The van der Waals surface area contributed by atoms with Gasteiger partial charge in [0.1, 0.15) is 5.82 Å². The van der Waals surface area contributed by atoms with Crippen LogP contribution in [0.25, 0.3) is 0 Å². The Hall–Kier alpha value is -2.25. The molecular formula is C17H19FN2O3S. The minimum Gasteiger partial charge on any atom is -0.314 e. The third-order valence-electron chi connectivity index (χ3n) is 3.60. The fourth-order valence-corrected chi connectivity index (χ4v) is 2.88. The molecule has 0 heterocycles. The number of hydrogen-bond acceptors (Lipinski definition) is 3. The van der Waals surface area contributed by atoms with Crippen LogP contribution in [0.1, 0.15) is 5.56 Å².